The van der Waals surface area contributed by atoms with Gasteiger partial charge in [-0.25, -0.2) is 9.97 Å². The van der Waals surface area contributed by atoms with Crippen molar-refractivity contribution >= 4 is 21.7 Å². The van der Waals surface area contributed by atoms with E-state index in [1.54, 1.807) is 6.20 Å². The first-order valence-electron chi connectivity index (χ1n) is 4.09. The second-order valence-corrected chi connectivity index (χ2v) is 3.74. The van der Waals surface area contributed by atoms with Crippen LogP contribution >= 0.6 is 15.9 Å². The number of benzene rings is 1. The van der Waals surface area contributed by atoms with E-state index in [0.717, 1.165) is 15.6 Å². The Bertz CT molecular complexity index is 439. The first-order chi connectivity index (χ1) is 6.77. The monoisotopic (exact) mass is 249 g/mol. The minimum absolute atomic E-state index is 0.502. The molecule has 0 unspecified atom stereocenters. The summed E-state index contributed by atoms with van der Waals surface area (Å²) in [6, 6.07) is 7.86. The molecular formula is C10H8BrN3. The fraction of sp³-hybridized carbons (Fsp3) is 0. The Balaban J connectivity index is 2.50. The predicted molar refractivity (Wildman–Crippen MR) is 59.6 cm³/mol. The Hall–Kier alpha value is -1.42. The molecule has 0 aliphatic heterocycles. The first-order valence-corrected chi connectivity index (χ1v) is 4.88. The molecule has 0 fully saturated rings. The average molecular weight is 250 g/mol. The highest BCUT2D eigenvalue weighted by Crippen LogP contribution is 2.24. The van der Waals surface area contributed by atoms with Crippen molar-refractivity contribution in [1.82, 2.24) is 9.97 Å². The second-order valence-electron chi connectivity index (χ2n) is 2.83. The molecule has 0 radical (unpaired) electrons. The number of hydrogen-bond acceptors (Lipinski definition) is 3. The maximum Gasteiger partial charge on any atom is 0.134 e. The fourth-order valence-electron chi connectivity index (χ4n) is 1.19. The third-order valence-electron chi connectivity index (χ3n) is 1.90. The molecule has 0 saturated carbocycles. The topological polar surface area (TPSA) is 51.8 Å². The van der Waals surface area contributed by atoms with Crippen LogP contribution < -0.4 is 5.73 Å². The van der Waals surface area contributed by atoms with E-state index in [-0.39, 0.29) is 0 Å². The molecule has 2 N–H and O–H groups in total. The van der Waals surface area contributed by atoms with Crippen LogP contribution in [-0.2, 0) is 0 Å². The third-order valence-corrected chi connectivity index (χ3v) is 2.43. The smallest absolute Gasteiger partial charge is 0.134 e. The summed E-state index contributed by atoms with van der Waals surface area (Å²) < 4.78 is 1.04. The van der Waals surface area contributed by atoms with Crippen LogP contribution in [0.15, 0.2) is 41.3 Å². The van der Waals surface area contributed by atoms with Gasteiger partial charge >= 0.3 is 0 Å². The zero-order chi connectivity index (χ0) is 9.97. The Morgan fingerprint density at radius 3 is 2.50 bits per heavy atom. The molecule has 0 bridgehead atoms. The van der Waals surface area contributed by atoms with Gasteiger partial charge in [-0.2, -0.15) is 0 Å². The standard InChI is InChI=1S/C10H8BrN3/c11-8-3-1-7(2-4-8)9-5-13-6-14-10(9)12/h1-6H,(H2,12,13,14). The molecule has 0 aliphatic rings. The van der Waals surface area contributed by atoms with Crippen molar-refractivity contribution in [2.24, 2.45) is 0 Å². The average Bonchev–Trinajstić information content (AvgIpc) is 2.20. The van der Waals surface area contributed by atoms with E-state index in [2.05, 4.69) is 25.9 Å². The van der Waals surface area contributed by atoms with Crippen LogP contribution in [0.3, 0.4) is 0 Å². The maximum atomic E-state index is 5.73. The van der Waals surface area contributed by atoms with Crippen LogP contribution in [0.5, 0.6) is 0 Å². The number of hydrogen-bond donors (Lipinski definition) is 1. The second kappa shape index (κ2) is 3.75. The highest BCUT2D eigenvalue weighted by molar-refractivity contribution is 9.10. The normalized spacial score (nSPS) is 10.1. The molecule has 2 rings (SSSR count). The van der Waals surface area contributed by atoms with Crippen LogP contribution in [0.2, 0.25) is 0 Å². The number of aromatic nitrogens is 2. The molecule has 1 heterocycles. The van der Waals surface area contributed by atoms with E-state index >= 15 is 0 Å². The van der Waals surface area contributed by atoms with Crippen LogP contribution in [0.1, 0.15) is 0 Å². The molecule has 0 saturated heterocycles. The van der Waals surface area contributed by atoms with Crippen molar-refractivity contribution in [2.45, 2.75) is 0 Å². The van der Waals surface area contributed by atoms with Gasteiger partial charge in [0.15, 0.2) is 0 Å². The Morgan fingerprint density at radius 1 is 1.14 bits per heavy atom. The van der Waals surface area contributed by atoms with Crippen molar-refractivity contribution in [2.75, 3.05) is 5.73 Å². The zero-order valence-corrected chi connectivity index (χ0v) is 8.90. The lowest BCUT2D eigenvalue weighted by Crippen LogP contribution is -1.94. The van der Waals surface area contributed by atoms with E-state index in [1.165, 1.54) is 6.33 Å². The van der Waals surface area contributed by atoms with E-state index in [0.29, 0.717) is 5.82 Å². The van der Waals surface area contributed by atoms with Crippen molar-refractivity contribution in [3.8, 4) is 11.1 Å². The molecule has 70 valence electrons. The van der Waals surface area contributed by atoms with Crippen LogP contribution in [-0.4, -0.2) is 9.97 Å². The summed E-state index contributed by atoms with van der Waals surface area (Å²) in [7, 11) is 0. The van der Waals surface area contributed by atoms with Gasteiger partial charge in [-0.3, -0.25) is 0 Å². The van der Waals surface area contributed by atoms with Gasteiger partial charge in [-0.1, -0.05) is 28.1 Å². The third kappa shape index (κ3) is 1.75. The van der Waals surface area contributed by atoms with Gasteiger partial charge in [-0.05, 0) is 17.7 Å². The summed E-state index contributed by atoms with van der Waals surface area (Å²) in [6.07, 6.45) is 3.16. The molecule has 1 aromatic carbocycles. The molecule has 1 aromatic heterocycles. The summed E-state index contributed by atoms with van der Waals surface area (Å²) >= 11 is 3.37. The van der Waals surface area contributed by atoms with E-state index in [9.17, 15) is 0 Å². The molecule has 0 amide bonds. The van der Waals surface area contributed by atoms with Gasteiger partial charge in [0, 0.05) is 16.2 Å². The molecule has 0 spiro atoms. The minimum atomic E-state index is 0.502. The lowest BCUT2D eigenvalue weighted by Gasteiger charge is -2.03. The van der Waals surface area contributed by atoms with Crippen LogP contribution in [0.25, 0.3) is 11.1 Å². The Morgan fingerprint density at radius 2 is 1.86 bits per heavy atom. The van der Waals surface area contributed by atoms with Gasteiger partial charge in [0.1, 0.15) is 12.1 Å². The summed E-state index contributed by atoms with van der Waals surface area (Å²) in [5.41, 5.74) is 7.61. The highest BCUT2D eigenvalue weighted by atomic mass is 79.9. The Labute approximate surface area is 90.1 Å². The van der Waals surface area contributed by atoms with Gasteiger partial charge in [0.05, 0.1) is 0 Å². The van der Waals surface area contributed by atoms with Crippen LogP contribution in [0, 0.1) is 0 Å². The summed E-state index contributed by atoms with van der Waals surface area (Å²) in [5, 5.41) is 0. The molecule has 4 heteroatoms. The van der Waals surface area contributed by atoms with Gasteiger partial charge < -0.3 is 5.73 Å². The van der Waals surface area contributed by atoms with Crippen molar-refractivity contribution in [3.05, 3.63) is 41.3 Å². The number of anilines is 1. The molecule has 0 aliphatic carbocycles. The van der Waals surface area contributed by atoms with E-state index in [1.807, 2.05) is 24.3 Å². The zero-order valence-electron chi connectivity index (χ0n) is 7.31. The molecule has 3 nitrogen and oxygen atoms in total. The van der Waals surface area contributed by atoms with Crippen molar-refractivity contribution in [3.63, 3.8) is 0 Å². The largest absolute Gasteiger partial charge is 0.383 e. The molecule has 0 atom stereocenters. The molecule has 2 aromatic rings. The van der Waals surface area contributed by atoms with Crippen molar-refractivity contribution < 1.29 is 0 Å². The lowest BCUT2D eigenvalue weighted by atomic mass is 10.1. The van der Waals surface area contributed by atoms with Gasteiger partial charge in [0.2, 0.25) is 0 Å². The van der Waals surface area contributed by atoms with Crippen LogP contribution in [0.4, 0.5) is 5.82 Å². The van der Waals surface area contributed by atoms with E-state index in [4.69, 9.17) is 5.73 Å². The SMILES string of the molecule is Nc1ncncc1-c1ccc(Br)cc1. The maximum absolute atomic E-state index is 5.73. The highest BCUT2D eigenvalue weighted by Gasteiger charge is 2.02. The minimum Gasteiger partial charge on any atom is -0.383 e. The number of rotatable bonds is 1. The summed E-state index contributed by atoms with van der Waals surface area (Å²) in [4.78, 5) is 7.87. The Kier molecular flexibility index (Phi) is 2.45. The molecule has 14 heavy (non-hydrogen) atoms. The summed E-state index contributed by atoms with van der Waals surface area (Å²) in [5.74, 6) is 0.502. The quantitative estimate of drug-likeness (QED) is 0.845. The van der Waals surface area contributed by atoms with Crippen molar-refractivity contribution in [1.29, 1.82) is 0 Å². The van der Waals surface area contributed by atoms with Gasteiger partial charge in [-0.15, -0.1) is 0 Å². The van der Waals surface area contributed by atoms with Gasteiger partial charge in [0.25, 0.3) is 0 Å². The summed E-state index contributed by atoms with van der Waals surface area (Å²) in [6.45, 7) is 0. The fourth-order valence-corrected chi connectivity index (χ4v) is 1.46. The number of nitrogens with two attached hydrogens (primary N) is 1. The predicted octanol–water partition coefficient (Wildman–Crippen LogP) is 2.49. The number of halogens is 1. The van der Waals surface area contributed by atoms with E-state index < -0.39 is 0 Å². The lowest BCUT2D eigenvalue weighted by molar-refractivity contribution is 1.18. The molecular weight excluding hydrogens is 242 g/mol. The number of nitrogen functional groups attached to an aromatic ring is 1. The first kappa shape index (κ1) is 9.15. The number of nitrogens with zero attached hydrogens (tertiary/aromatic N) is 2.